The number of nitrogens with zero attached hydrogens (tertiary/aromatic N) is 1. The number of nitrogens with one attached hydrogen (secondary N) is 1. The second-order valence-electron chi connectivity index (χ2n) is 7.72. The third-order valence-corrected chi connectivity index (χ3v) is 5.57. The first kappa shape index (κ1) is 16.5. The van der Waals surface area contributed by atoms with Crippen LogP contribution in [-0.2, 0) is 4.74 Å². The van der Waals surface area contributed by atoms with Crippen LogP contribution in [0.2, 0.25) is 0 Å². The zero-order valence-electron chi connectivity index (χ0n) is 15.0. The zero-order valence-corrected chi connectivity index (χ0v) is 15.0. The highest BCUT2D eigenvalue weighted by molar-refractivity contribution is 5.92. The van der Waals surface area contributed by atoms with Gasteiger partial charge in [0.1, 0.15) is 0 Å². The molecule has 1 aromatic carbocycles. The van der Waals surface area contributed by atoms with Gasteiger partial charge in [0.25, 0.3) is 0 Å². The molecule has 3 unspecified atom stereocenters. The van der Waals surface area contributed by atoms with Crippen molar-refractivity contribution >= 4 is 11.6 Å². The standard InChI is InChI=1S/C19H27N3O3/c1-19(2)16(13-5-3-8-25-17(13)19)22-18(20)21-12-6-7-14-15(11-12)24-10-4-9-23-14/h6-7,11,13,16-17H,3-5,8-10H2,1-2H3,(H3,20,21,22). The molecule has 1 saturated heterocycles. The lowest BCUT2D eigenvalue weighted by Gasteiger charge is -2.58. The first-order valence-electron chi connectivity index (χ1n) is 9.17. The summed E-state index contributed by atoms with van der Waals surface area (Å²) in [5, 5.41) is 3.20. The molecule has 0 amide bonds. The summed E-state index contributed by atoms with van der Waals surface area (Å²) >= 11 is 0. The maximum absolute atomic E-state index is 6.19. The summed E-state index contributed by atoms with van der Waals surface area (Å²) in [6, 6.07) is 5.97. The van der Waals surface area contributed by atoms with Crippen molar-refractivity contribution in [3.63, 3.8) is 0 Å². The highest BCUT2D eigenvalue weighted by Crippen LogP contribution is 2.53. The largest absolute Gasteiger partial charge is 0.490 e. The summed E-state index contributed by atoms with van der Waals surface area (Å²) in [5.74, 6) is 2.45. The molecule has 0 aromatic heterocycles. The maximum atomic E-state index is 6.19. The third-order valence-electron chi connectivity index (χ3n) is 5.57. The molecule has 2 fully saturated rings. The smallest absolute Gasteiger partial charge is 0.193 e. The van der Waals surface area contributed by atoms with Gasteiger partial charge in [0.05, 0.1) is 25.4 Å². The normalized spacial score (nSPS) is 30.6. The first-order chi connectivity index (χ1) is 12.1. The molecule has 4 rings (SSSR count). The Morgan fingerprint density at radius 3 is 2.80 bits per heavy atom. The van der Waals surface area contributed by atoms with E-state index in [2.05, 4.69) is 19.2 Å². The van der Waals surface area contributed by atoms with E-state index in [9.17, 15) is 0 Å². The third kappa shape index (κ3) is 3.03. The number of ether oxygens (including phenoxy) is 3. The number of nitrogens with two attached hydrogens (primary N) is 1. The Morgan fingerprint density at radius 2 is 1.96 bits per heavy atom. The van der Waals surface area contributed by atoms with Gasteiger partial charge in [0.15, 0.2) is 17.5 Å². The van der Waals surface area contributed by atoms with Crippen molar-refractivity contribution in [2.45, 2.75) is 45.3 Å². The van der Waals surface area contributed by atoms with Gasteiger partial charge >= 0.3 is 0 Å². The molecule has 3 atom stereocenters. The van der Waals surface area contributed by atoms with Crippen molar-refractivity contribution < 1.29 is 14.2 Å². The minimum atomic E-state index is 0.0299. The molecule has 0 radical (unpaired) electrons. The van der Waals surface area contributed by atoms with Crippen LogP contribution >= 0.6 is 0 Å². The van der Waals surface area contributed by atoms with E-state index in [4.69, 9.17) is 24.9 Å². The van der Waals surface area contributed by atoms with Crippen molar-refractivity contribution in [1.29, 1.82) is 0 Å². The molecule has 0 bridgehead atoms. The Kier molecular flexibility index (Phi) is 4.23. The fraction of sp³-hybridized carbons (Fsp3) is 0.632. The van der Waals surface area contributed by atoms with Crippen LogP contribution in [-0.4, -0.2) is 37.9 Å². The van der Waals surface area contributed by atoms with Crippen molar-refractivity contribution in [2.75, 3.05) is 25.1 Å². The lowest BCUT2D eigenvalue weighted by Crippen LogP contribution is -2.64. The predicted molar refractivity (Wildman–Crippen MR) is 97.3 cm³/mol. The number of hydrogen-bond acceptors (Lipinski definition) is 4. The molecular formula is C19H27N3O3. The van der Waals surface area contributed by atoms with Gasteiger partial charge in [-0.25, -0.2) is 4.99 Å². The Balaban J connectivity index is 1.47. The van der Waals surface area contributed by atoms with E-state index in [1.54, 1.807) is 0 Å². The van der Waals surface area contributed by atoms with Crippen LogP contribution in [0.4, 0.5) is 5.69 Å². The van der Waals surface area contributed by atoms with Crippen molar-refractivity contribution in [3.8, 4) is 11.5 Å². The van der Waals surface area contributed by atoms with Crippen LogP contribution in [0.3, 0.4) is 0 Å². The average molecular weight is 345 g/mol. The van der Waals surface area contributed by atoms with Crippen LogP contribution in [0.5, 0.6) is 11.5 Å². The number of guanidine groups is 1. The molecule has 25 heavy (non-hydrogen) atoms. The second-order valence-corrected chi connectivity index (χ2v) is 7.72. The SMILES string of the molecule is CC1(C)C(N=C(N)Nc2ccc3c(c2)OCCCO3)C2CCCOC21. The molecule has 3 N–H and O–H groups in total. The van der Waals surface area contributed by atoms with Gasteiger partial charge in [0, 0.05) is 36.1 Å². The molecule has 2 aliphatic heterocycles. The van der Waals surface area contributed by atoms with E-state index in [1.165, 1.54) is 6.42 Å². The van der Waals surface area contributed by atoms with Gasteiger partial charge in [-0.2, -0.15) is 0 Å². The molecule has 2 heterocycles. The van der Waals surface area contributed by atoms with Gasteiger partial charge < -0.3 is 25.3 Å². The molecule has 1 aliphatic carbocycles. The first-order valence-corrected chi connectivity index (χ1v) is 9.17. The Bertz CT molecular complexity index is 674. The van der Waals surface area contributed by atoms with Crippen LogP contribution < -0.4 is 20.5 Å². The van der Waals surface area contributed by atoms with Crippen molar-refractivity contribution in [2.24, 2.45) is 22.1 Å². The number of aliphatic imine (C=N–C) groups is 1. The molecule has 1 aromatic rings. The van der Waals surface area contributed by atoms with Crippen molar-refractivity contribution in [3.05, 3.63) is 18.2 Å². The minimum absolute atomic E-state index is 0.0299. The van der Waals surface area contributed by atoms with E-state index in [0.29, 0.717) is 31.2 Å². The number of rotatable bonds is 2. The highest BCUT2D eigenvalue weighted by atomic mass is 16.5. The van der Waals surface area contributed by atoms with E-state index in [1.807, 2.05) is 18.2 Å². The summed E-state index contributed by atoms with van der Waals surface area (Å²) in [6.07, 6.45) is 3.47. The maximum Gasteiger partial charge on any atom is 0.193 e. The van der Waals surface area contributed by atoms with Gasteiger partial charge in [-0.3, -0.25) is 0 Å². The number of anilines is 1. The topological polar surface area (TPSA) is 78.1 Å². The number of benzene rings is 1. The van der Waals surface area contributed by atoms with Gasteiger partial charge in [-0.1, -0.05) is 13.8 Å². The summed E-state index contributed by atoms with van der Waals surface area (Å²) in [5.41, 5.74) is 7.08. The molecule has 1 saturated carbocycles. The summed E-state index contributed by atoms with van der Waals surface area (Å²) in [7, 11) is 0. The lowest BCUT2D eigenvalue weighted by atomic mass is 9.55. The highest BCUT2D eigenvalue weighted by Gasteiger charge is 2.58. The monoisotopic (exact) mass is 345 g/mol. The Hall–Kier alpha value is -1.95. The second kappa shape index (κ2) is 6.41. The van der Waals surface area contributed by atoms with Crippen molar-refractivity contribution in [1.82, 2.24) is 0 Å². The lowest BCUT2D eigenvalue weighted by molar-refractivity contribution is -0.182. The van der Waals surface area contributed by atoms with Gasteiger partial charge in [-0.15, -0.1) is 0 Å². The summed E-state index contributed by atoms with van der Waals surface area (Å²) in [6.45, 7) is 6.65. The quantitative estimate of drug-likeness (QED) is 0.636. The Morgan fingerprint density at radius 1 is 1.16 bits per heavy atom. The van der Waals surface area contributed by atoms with Gasteiger partial charge in [0.2, 0.25) is 0 Å². The summed E-state index contributed by atoms with van der Waals surface area (Å²) in [4.78, 5) is 4.78. The predicted octanol–water partition coefficient (Wildman–Crippen LogP) is 2.78. The number of hydrogen-bond donors (Lipinski definition) is 2. The Labute approximate surface area is 148 Å². The fourth-order valence-electron chi connectivity index (χ4n) is 4.33. The average Bonchev–Trinajstić information content (AvgIpc) is 2.84. The van der Waals surface area contributed by atoms with Gasteiger partial charge in [-0.05, 0) is 25.0 Å². The van der Waals surface area contributed by atoms with Crippen LogP contribution in [0.25, 0.3) is 0 Å². The number of fused-ring (bicyclic) bond motifs is 2. The van der Waals surface area contributed by atoms with E-state index < -0.39 is 0 Å². The molecule has 6 heteroatoms. The zero-order chi connectivity index (χ0) is 17.4. The van der Waals surface area contributed by atoms with E-state index in [-0.39, 0.29) is 11.5 Å². The van der Waals surface area contributed by atoms with E-state index >= 15 is 0 Å². The van der Waals surface area contributed by atoms with Crippen LogP contribution in [0.15, 0.2) is 23.2 Å². The molecule has 136 valence electrons. The summed E-state index contributed by atoms with van der Waals surface area (Å²) < 4.78 is 17.3. The van der Waals surface area contributed by atoms with E-state index in [0.717, 1.165) is 36.6 Å². The molecule has 6 nitrogen and oxygen atoms in total. The molecular weight excluding hydrogens is 318 g/mol. The fourth-order valence-corrected chi connectivity index (χ4v) is 4.33. The van der Waals surface area contributed by atoms with Crippen LogP contribution in [0, 0.1) is 11.3 Å². The minimum Gasteiger partial charge on any atom is -0.490 e. The molecule has 3 aliphatic rings. The molecule has 0 spiro atoms. The van der Waals surface area contributed by atoms with Crippen LogP contribution in [0.1, 0.15) is 33.1 Å².